The fraction of sp³-hybridized carbons (Fsp3) is 0.586. The molecule has 2 fully saturated rings. The Bertz CT molecular complexity index is 2440. The van der Waals surface area contributed by atoms with Gasteiger partial charge in [-0.05, 0) is 117 Å². The van der Waals surface area contributed by atoms with Crippen molar-refractivity contribution < 1.29 is 77.2 Å². The van der Waals surface area contributed by atoms with E-state index in [0.717, 1.165) is 0 Å². The smallest absolute Gasteiger partial charge is 0.362 e. The van der Waals surface area contributed by atoms with Crippen LogP contribution in [0.3, 0.4) is 0 Å². The molecule has 0 unspecified atom stereocenters. The summed E-state index contributed by atoms with van der Waals surface area (Å²) in [6.45, 7) is 16.6. The zero-order chi connectivity index (χ0) is 55.9. The van der Waals surface area contributed by atoms with E-state index in [1.54, 1.807) is 139 Å². The van der Waals surface area contributed by atoms with Gasteiger partial charge in [-0.2, -0.15) is 0 Å². The summed E-state index contributed by atoms with van der Waals surface area (Å²) in [6, 6.07) is 24.9. The minimum absolute atomic E-state index is 0.00624. The number of aliphatic hydroxyl groups is 3. The van der Waals surface area contributed by atoms with Crippen LogP contribution in [0, 0.1) is 17.8 Å². The maximum absolute atomic E-state index is 14.9. The van der Waals surface area contributed by atoms with Crippen molar-refractivity contribution in [1.29, 1.82) is 0 Å². The summed E-state index contributed by atoms with van der Waals surface area (Å²) < 4.78 is 51.9. The second-order valence-electron chi connectivity index (χ2n) is 21.7. The van der Waals surface area contributed by atoms with Crippen molar-refractivity contribution in [3.63, 3.8) is 0 Å². The maximum atomic E-state index is 14.9. The standard InChI is InChI=1S/C58H80N2O16/c1-14-43-58(10,67)48(61)35(4)45(59-76-54(65)41-28-22-17-23-29-41)33(2)31-56(8,66)49(75-55-47(42(60(11)12)30-34(3)69-55)73-52(63)39-24-18-15-19-25-39)36(5)46(37(6)51(62)71-43)72-44-32-57(9,68-13)50(38(7)70-44)74-53(64)40-26-20-16-21-27-40/h15-29,34-38,42-44,46-50,55,59,61,66-67H,14,30-32H2,1-13H3/b45-33+/t34-,35+,36+,37-,38+,42+,43-,44+,46+,47-,48-,49-,50+,55+,56-,57-,58-/m1/s1. The number of likely N-dealkylation sites (N-methyl/N-ethyl adjacent to an activating group) is 1. The summed E-state index contributed by atoms with van der Waals surface area (Å²) in [4.78, 5) is 63.2. The third-order valence-corrected chi connectivity index (χ3v) is 15.4. The predicted octanol–water partition coefficient (Wildman–Crippen LogP) is 6.95. The minimum Gasteiger partial charge on any atom is -0.459 e. The molecule has 3 aromatic carbocycles. The summed E-state index contributed by atoms with van der Waals surface area (Å²) >= 11 is 0. The molecule has 0 bridgehead atoms. The summed E-state index contributed by atoms with van der Waals surface area (Å²) in [7, 11) is 5.21. The van der Waals surface area contributed by atoms with Gasteiger partial charge in [0.25, 0.3) is 0 Å². The first-order valence-corrected chi connectivity index (χ1v) is 26.2. The van der Waals surface area contributed by atoms with E-state index in [-0.39, 0.29) is 30.5 Å². The second kappa shape index (κ2) is 25.5. The van der Waals surface area contributed by atoms with Gasteiger partial charge >= 0.3 is 23.9 Å². The van der Waals surface area contributed by atoms with Crippen LogP contribution < -0.4 is 5.48 Å². The monoisotopic (exact) mass is 1060 g/mol. The van der Waals surface area contributed by atoms with Gasteiger partial charge in [0, 0.05) is 31.8 Å². The van der Waals surface area contributed by atoms with E-state index >= 15 is 0 Å². The van der Waals surface area contributed by atoms with Crippen LogP contribution in [0.4, 0.5) is 0 Å². The molecule has 3 aromatic rings. The fourth-order valence-corrected chi connectivity index (χ4v) is 11.0. The van der Waals surface area contributed by atoms with Crippen molar-refractivity contribution in [2.45, 2.75) is 179 Å². The highest BCUT2D eigenvalue weighted by Gasteiger charge is 2.54. The highest BCUT2D eigenvalue weighted by Crippen LogP contribution is 2.42. The third-order valence-electron chi connectivity index (χ3n) is 15.4. The first-order chi connectivity index (χ1) is 35.8. The molecule has 18 nitrogen and oxygen atoms in total. The lowest BCUT2D eigenvalue weighted by molar-refractivity contribution is -0.316. The van der Waals surface area contributed by atoms with E-state index in [9.17, 15) is 34.5 Å². The van der Waals surface area contributed by atoms with Crippen LogP contribution in [-0.4, -0.2) is 150 Å². The summed E-state index contributed by atoms with van der Waals surface area (Å²) in [5.41, 5.74) is -1.12. The van der Waals surface area contributed by atoms with Gasteiger partial charge in [0.15, 0.2) is 24.8 Å². The quantitative estimate of drug-likeness (QED) is 0.0728. The van der Waals surface area contributed by atoms with E-state index < -0.39 is 126 Å². The molecule has 2 saturated heterocycles. The van der Waals surface area contributed by atoms with Gasteiger partial charge in [0.1, 0.15) is 17.3 Å². The largest absolute Gasteiger partial charge is 0.459 e. The maximum Gasteiger partial charge on any atom is 0.362 e. The van der Waals surface area contributed by atoms with Crippen molar-refractivity contribution >= 4 is 23.9 Å². The number of nitrogens with zero attached hydrogens (tertiary/aromatic N) is 1. The number of hydrogen-bond acceptors (Lipinski definition) is 18. The third kappa shape index (κ3) is 13.9. The first kappa shape index (κ1) is 60.0. The molecule has 3 aliphatic heterocycles. The molecular formula is C58H80N2O16. The number of carbonyl (C=O) groups is 4. The van der Waals surface area contributed by atoms with Crippen LogP contribution in [0.2, 0.25) is 0 Å². The van der Waals surface area contributed by atoms with Gasteiger partial charge in [-0.15, -0.1) is 0 Å². The molecule has 3 aliphatic rings. The highest BCUT2D eigenvalue weighted by atomic mass is 16.7. The van der Waals surface area contributed by atoms with Gasteiger partial charge in [-0.3, -0.25) is 4.79 Å². The lowest BCUT2D eigenvalue weighted by Crippen LogP contribution is -2.61. The average Bonchev–Trinajstić information content (AvgIpc) is 3.39. The van der Waals surface area contributed by atoms with E-state index in [2.05, 4.69) is 5.48 Å². The number of aliphatic hydroxyl groups excluding tert-OH is 1. The van der Waals surface area contributed by atoms with E-state index in [4.69, 9.17) is 42.7 Å². The number of hydroxylamine groups is 1. The summed E-state index contributed by atoms with van der Waals surface area (Å²) in [5.74, 6) is -6.02. The summed E-state index contributed by atoms with van der Waals surface area (Å²) in [5, 5.41) is 37.7. The van der Waals surface area contributed by atoms with Gasteiger partial charge in [0.05, 0.1) is 70.5 Å². The number of hydrogen-bond donors (Lipinski definition) is 4. The predicted molar refractivity (Wildman–Crippen MR) is 279 cm³/mol. The van der Waals surface area contributed by atoms with E-state index in [1.165, 1.54) is 21.0 Å². The Balaban J connectivity index is 1.48. The number of esters is 3. The van der Waals surface area contributed by atoms with Crippen LogP contribution >= 0.6 is 0 Å². The van der Waals surface area contributed by atoms with E-state index in [0.29, 0.717) is 23.1 Å². The molecule has 0 saturated carbocycles. The Morgan fingerprint density at radius 3 is 1.82 bits per heavy atom. The number of ether oxygens (including phenoxy) is 8. The molecule has 0 radical (unpaired) electrons. The Labute approximate surface area is 447 Å². The fourth-order valence-electron chi connectivity index (χ4n) is 11.0. The highest BCUT2D eigenvalue weighted by molar-refractivity contribution is 5.90. The topological polar surface area (TPSA) is 227 Å². The molecule has 6 rings (SSSR count). The molecule has 76 heavy (non-hydrogen) atoms. The number of rotatable bonds is 14. The van der Waals surface area contributed by atoms with E-state index in [1.807, 2.05) is 25.9 Å². The molecule has 0 spiro atoms. The Morgan fingerprint density at radius 1 is 0.750 bits per heavy atom. The molecular weight excluding hydrogens is 981 g/mol. The van der Waals surface area contributed by atoms with Crippen molar-refractivity contribution in [3.05, 3.63) is 119 Å². The van der Waals surface area contributed by atoms with Crippen molar-refractivity contribution in [2.24, 2.45) is 17.8 Å². The number of carbonyl (C=O) groups excluding carboxylic acids is 4. The second-order valence-corrected chi connectivity index (χ2v) is 21.7. The number of cyclic esters (lactones) is 1. The molecule has 3 heterocycles. The van der Waals surface area contributed by atoms with Crippen LogP contribution in [-0.2, 0) is 47.5 Å². The summed E-state index contributed by atoms with van der Waals surface area (Å²) in [6.07, 6.45) is -11.0. The lowest BCUT2D eigenvalue weighted by atomic mass is 9.76. The van der Waals surface area contributed by atoms with Crippen LogP contribution in [0.5, 0.6) is 0 Å². The first-order valence-electron chi connectivity index (χ1n) is 26.2. The number of nitrogens with one attached hydrogen (secondary N) is 1. The molecule has 0 amide bonds. The van der Waals surface area contributed by atoms with Crippen LogP contribution in [0.1, 0.15) is 126 Å². The minimum atomic E-state index is -2.10. The number of methoxy groups -OCH3 is 1. The Morgan fingerprint density at radius 2 is 1.29 bits per heavy atom. The zero-order valence-electron chi connectivity index (χ0n) is 46.2. The van der Waals surface area contributed by atoms with Gasteiger partial charge in [-0.1, -0.05) is 75.4 Å². The van der Waals surface area contributed by atoms with Crippen molar-refractivity contribution in [1.82, 2.24) is 10.4 Å². The van der Waals surface area contributed by atoms with Crippen LogP contribution in [0.15, 0.2) is 102 Å². The van der Waals surface area contributed by atoms with Gasteiger partial charge in [-0.25, -0.2) is 19.9 Å². The molecule has 0 aromatic heterocycles. The van der Waals surface area contributed by atoms with Gasteiger partial charge in [0.2, 0.25) is 0 Å². The SMILES string of the molecule is CC[C@H]1OC(=O)[C@H](C)[C@@H](O[C@H]2C[C@@](C)(OC)[C@@H](OC(=O)c3ccccc3)[C@H](C)O2)[C@H](C)[C@@H](O[C@@H]2O[C@H](C)C[C@H](N(C)C)[C@H]2OC(=O)c2ccccc2)[C@](C)(O)C/C(C)=C(/NOC(=O)c2ccccc2)[C@H](C)[C@@H](O)[C@]1(C)O. The Kier molecular flexibility index (Phi) is 20.1. The molecule has 418 valence electrons. The molecule has 4 N–H and O–H groups in total. The molecule has 17 atom stereocenters. The lowest BCUT2D eigenvalue weighted by Gasteiger charge is -2.49. The number of benzene rings is 3. The Hall–Kier alpha value is -5.28. The zero-order valence-corrected chi connectivity index (χ0v) is 46.2. The van der Waals surface area contributed by atoms with Crippen molar-refractivity contribution in [2.75, 3.05) is 21.2 Å². The molecule has 0 aliphatic carbocycles. The normalized spacial score (nSPS) is 36.8. The molecule has 18 heteroatoms. The average molecular weight is 1060 g/mol. The van der Waals surface area contributed by atoms with Crippen LogP contribution in [0.25, 0.3) is 0 Å². The van der Waals surface area contributed by atoms with Gasteiger partial charge < -0.3 is 63.0 Å². The van der Waals surface area contributed by atoms with Crippen molar-refractivity contribution in [3.8, 4) is 0 Å².